The van der Waals surface area contributed by atoms with Crippen LogP contribution in [0.3, 0.4) is 0 Å². The van der Waals surface area contributed by atoms with Crippen molar-refractivity contribution >= 4 is 11.3 Å². The van der Waals surface area contributed by atoms with E-state index in [1.807, 2.05) is 12.3 Å². The predicted molar refractivity (Wildman–Crippen MR) is 66.2 cm³/mol. The number of aromatic amines is 1. The van der Waals surface area contributed by atoms with Crippen molar-refractivity contribution in [1.82, 2.24) is 15.0 Å². The number of nitrogens with zero attached hydrogens (tertiary/aromatic N) is 2. The van der Waals surface area contributed by atoms with Gasteiger partial charge in [0, 0.05) is 35.4 Å². The lowest BCUT2D eigenvalue weighted by molar-refractivity contribution is 0.298. The van der Waals surface area contributed by atoms with E-state index in [-0.39, 0.29) is 12.2 Å². The van der Waals surface area contributed by atoms with Crippen LogP contribution in [0.25, 0.3) is 10.8 Å². The zero-order valence-electron chi connectivity index (χ0n) is 9.65. The van der Waals surface area contributed by atoms with Gasteiger partial charge in [-0.2, -0.15) is 0 Å². The number of H-pyrrole nitrogens is 1. The summed E-state index contributed by atoms with van der Waals surface area (Å²) < 4.78 is 0. The van der Waals surface area contributed by atoms with Crippen LogP contribution in [0.4, 0.5) is 0 Å². The molecule has 0 saturated carbocycles. The highest BCUT2D eigenvalue weighted by Crippen LogP contribution is 2.19. The molecule has 0 aliphatic carbocycles. The molecule has 0 aliphatic rings. The summed E-state index contributed by atoms with van der Waals surface area (Å²) in [5.74, 6) is 0.493. The van der Waals surface area contributed by atoms with Crippen LogP contribution in [0.15, 0.2) is 10.2 Å². The maximum absolute atomic E-state index is 11.8. The van der Waals surface area contributed by atoms with Gasteiger partial charge in [0.1, 0.15) is 0 Å². The fourth-order valence-corrected chi connectivity index (χ4v) is 2.32. The predicted octanol–water partition coefficient (Wildman–Crippen LogP) is 1.05. The Hall–Kier alpha value is -1.53. The van der Waals surface area contributed by atoms with Crippen molar-refractivity contribution in [2.75, 3.05) is 6.61 Å². The Kier molecular flexibility index (Phi) is 3.35. The van der Waals surface area contributed by atoms with Gasteiger partial charge >= 0.3 is 0 Å². The number of rotatable bonds is 3. The van der Waals surface area contributed by atoms with Gasteiger partial charge in [-0.25, -0.2) is 9.97 Å². The number of nitrogens with one attached hydrogen (secondary N) is 1. The van der Waals surface area contributed by atoms with Crippen LogP contribution < -0.4 is 5.56 Å². The Morgan fingerprint density at radius 1 is 1.41 bits per heavy atom. The molecule has 2 N–H and O–H groups in total. The topological polar surface area (TPSA) is 78.9 Å². The molecule has 0 saturated heterocycles. The maximum atomic E-state index is 11.8. The number of thiazole rings is 1. The Bertz CT molecular complexity index is 589. The highest BCUT2D eigenvalue weighted by molar-refractivity contribution is 7.13. The van der Waals surface area contributed by atoms with Crippen LogP contribution in [0.1, 0.15) is 17.0 Å². The third kappa shape index (κ3) is 2.42. The second-order valence-corrected chi connectivity index (χ2v) is 4.60. The molecule has 0 bridgehead atoms. The molecule has 0 aliphatic heterocycles. The average molecular weight is 251 g/mol. The first-order valence-corrected chi connectivity index (χ1v) is 6.13. The molecule has 0 fully saturated rings. The third-order valence-corrected chi connectivity index (χ3v) is 3.37. The summed E-state index contributed by atoms with van der Waals surface area (Å²) in [5.41, 5.74) is 1.88. The van der Waals surface area contributed by atoms with E-state index in [2.05, 4.69) is 15.0 Å². The molecule has 90 valence electrons. The van der Waals surface area contributed by atoms with Crippen molar-refractivity contribution < 1.29 is 5.11 Å². The van der Waals surface area contributed by atoms with Gasteiger partial charge in [0.25, 0.3) is 5.56 Å². The molecule has 2 aromatic rings. The minimum atomic E-state index is -0.200. The van der Waals surface area contributed by atoms with E-state index in [1.165, 1.54) is 11.3 Å². The minimum absolute atomic E-state index is 0.0543. The summed E-state index contributed by atoms with van der Waals surface area (Å²) in [4.78, 5) is 23.1. The second kappa shape index (κ2) is 4.77. The molecule has 0 radical (unpaired) electrons. The van der Waals surface area contributed by atoms with E-state index in [1.54, 1.807) is 6.92 Å². The Balaban J connectivity index is 2.49. The normalized spacial score (nSPS) is 10.8. The van der Waals surface area contributed by atoms with Crippen LogP contribution in [0.2, 0.25) is 0 Å². The lowest BCUT2D eigenvalue weighted by Gasteiger charge is -2.03. The van der Waals surface area contributed by atoms with Gasteiger partial charge in [-0.15, -0.1) is 11.3 Å². The van der Waals surface area contributed by atoms with E-state index in [0.29, 0.717) is 28.5 Å². The number of hydrogen-bond donors (Lipinski definition) is 2. The third-order valence-electron chi connectivity index (χ3n) is 2.41. The monoisotopic (exact) mass is 251 g/mol. The minimum Gasteiger partial charge on any atom is -0.396 e. The van der Waals surface area contributed by atoms with E-state index < -0.39 is 0 Å². The van der Waals surface area contributed by atoms with Gasteiger partial charge in [0.2, 0.25) is 0 Å². The number of aromatic nitrogens is 3. The first-order valence-electron chi connectivity index (χ1n) is 5.25. The summed E-state index contributed by atoms with van der Waals surface area (Å²) in [6, 6.07) is 0. The quantitative estimate of drug-likeness (QED) is 0.854. The van der Waals surface area contributed by atoms with Crippen molar-refractivity contribution in [2.45, 2.75) is 20.3 Å². The fraction of sp³-hybridized carbons (Fsp3) is 0.364. The summed E-state index contributed by atoms with van der Waals surface area (Å²) in [5, 5.41) is 11.5. The maximum Gasteiger partial charge on any atom is 0.254 e. The summed E-state index contributed by atoms with van der Waals surface area (Å²) in [6.45, 7) is 3.61. The second-order valence-electron chi connectivity index (χ2n) is 3.75. The van der Waals surface area contributed by atoms with Crippen molar-refractivity contribution in [3.05, 3.63) is 32.7 Å². The lowest BCUT2D eigenvalue weighted by atomic mass is 10.2. The van der Waals surface area contributed by atoms with Gasteiger partial charge < -0.3 is 10.1 Å². The molecule has 5 nitrogen and oxygen atoms in total. The van der Waals surface area contributed by atoms with Gasteiger partial charge in [-0.1, -0.05) is 0 Å². The first kappa shape index (κ1) is 11.9. The summed E-state index contributed by atoms with van der Waals surface area (Å²) >= 11 is 1.45. The van der Waals surface area contributed by atoms with Crippen LogP contribution in [-0.4, -0.2) is 26.7 Å². The number of aliphatic hydroxyl groups excluding tert-OH is 1. The van der Waals surface area contributed by atoms with Gasteiger partial charge in [-0.05, 0) is 13.8 Å². The van der Waals surface area contributed by atoms with Gasteiger partial charge in [0.15, 0.2) is 10.8 Å². The average Bonchev–Trinajstić information content (AvgIpc) is 2.70. The molecule has 0 amide bonds. The van der Waals surface area contributed by atoms with Crippen molar-refractivity contribution in [3.63, 3.8) is 0 Å². The molecule has 0 atom stereocenters. The van der Waals surface area contributed by atoms with Gasteiger partial charge in [-0.3, -0.25) is 4.79 Å². The summed E-state index contributed by atoms with van der Waals surface area (Å²) in [7, 11) is 0. The zero-order chi connectivity index (χ0) is 12.4. The van der Waals surface area contributed by atoms with Crippen molar-refractivity contribution in [1.29, 1.82) is 0 Å². The highest BCUT2D eigenvalue weighted by Gasteiger charge is 2.11. The molecule has 0 spiro atoms. The van der Waals surface area contributed by atoms with Crippen molar-refractivity contribution in [2.24, 2.45) is 0 Å². The lowest BCUT2D eigenvalue weighted by Crippen LogP contribution is -2.18. The van der Waals surface area contributed by atoms with E-state index >= 15 is 0 Å². The largest absolute Gasteiger partial charge is 0.396 e. The Labute approximate surface area is 102 Å². The SMILES string of the molecule is Cc1csc(-c2nc(C)c(CCO)c(=O)[nH]2)n1. The van der Waals surface area contributed by atoms with E-state index in [9.17, 15) is 4.79 Å². The van der Waals surface area contributed by atoms with Crippen LogP contribution >= 0.6 is 11.3 Å². The van der Waals surface area contributed by atoms with E-state index in [4.69, 9.17) is 5.11 Å². The molecule has 2 aromatic heterocycles. The summed E-state index contributed by atoms with van der Waals surface area (Å²) in [6.07, 6.45) is 0.325. The molecule has 0 aromatic carbocycles. The standard InChI is InChI=1S/C11H13N3O2S/c1-6-5-17-11(12-6)9-13-7(2)8(3-4-15)10(16)14-9/h5,15H,3-4H2,1-2H3,(H,13,14,16). The fourth-order valence-electron chi connectivity index (χ4n) is 1.58. The molecular formula is C11H13N3O2S. The van der Waals surface area contributed by atoms with Gasteiger partial charge in [0.05, 0.1) is 0 Å². The number of aliphatic hydroxyl groups is 1. The smallest absolute Gasteiger partial charge is 0.254 e. The van der Waals surface area contributed by atoms with E-state index in [0.717, 1.165) is 5.69 Å². The molecule has 17 heavy (non-hydrogen) atoms. The molecule has 0 unspecified atom stereocenters. The van der Waals surface area contributed by atoms with Crippen LogP contribution in [0.5, 0.6) is 0 Å². The Morgan fingerprint density at radius 3 is 2.71 bits per heavy atom. The highest BCUT2D eigenvalue weighted by atomic mass is 32.1. The molecule has 2 rings (SSSR count). The zero-order valence-corrected chi connectivity index (χ0v) is 10.5. The number of aryl methyl sites for hydroxylation is 2. The Morgan fingerprint density at radius 2 is 2.18 bits per heavy atom. The molecular weight excluding hydrogens is 238 g/mol. The first-order chi connectivity index (χ1) is 8.11. The van der Waals surface area contributed by atoms with Crippen molar-refractivity contribution in [3.8, 4) is 10.8 Å². The van der Waals surface area contributed by atoms with Crippen LogP contribution in [0, 0.1) is 13.8 Å². The molecule has 2 heterocycles. The number of hydrogen-bond acceptors (Lipinski definition) is 5. The molecule has 6 heteroatoms. The van der Waals surface area contributed by atoms with Crippen LogP contribution in [-0.2, 0) is 6.42 Å².